The molecule has 16 heavy (non-hydrogen) atoms. The van der Waals surface area contributed by atoms with E-state index in [-0.39, 0.29) is 16.6 Å². The fourth-order valence-corrected chi connectivity index (χ4v) is 1.38. The SMILES string of the molecule is O=CNc1ccc2n[nH]c(C(F)(F)F)c2c1. The molecular weight excluding hydrogens is 223 g/mol. The summed E-state index contributed by atoms with van der Waals surface area (Å²) >= 11 is 0. The molecular formula is C9H6F3N3O. The Morgan fingerprint density at radius 2 is 2.12 bits per heavy atom. The molecule has 7 heteroatoms. The zero-order valence-electron chi connectivity index (χ0n) is 7.80. The van der Waals surface area contributed by atoms with Crippen molar-refractivity contribution in [2.45, 2.75) is 6.18 Å². The fraction of sp³-hybridized carbons (Fsp3) is 0.111. The van der Waals surface area contributed by atoms with Crippen LogP contribution >= 0.6 is 0 Å². The van der Waals surface area contributed by atoms with Crippen LogP contribution in [0, 0.1) is 0 Å². The molecule has 4 nitrogen and oxygen atoms in total. The average molecular weight is 229 g/mol. The Kier molecular flexibility index (Phi) is 2.30. The van der Waals surface area contributed by atoms with Gasteiger partial charge in [-0.15, -0.1) is 0 Å². The first-order chi connectivity index (χ1) is 7.52. The summed E-state index contributed by atoms with van der Waals surface area (Å²) in [5.41, 5.74) is -0.435. The van der Waals surface area contributed by atoms with E-state index < -0.39 is 11.9 Å². The van der Waals surface area contributed by atoms with Crippen LogP contribution in [-0.2, 0) is 11.0 Å². The summed E-state index contributed by atoms with van der Waals surface area (Å²) in [5, 5.41) is 7.67. The number of halogens is 3. The molecule has 2 N–H and O–H groups in total. The minimum absolute atomic E-state index is 0.0700. The topological polar surface area (TPSA) is 57.8 Å². The molecule has 0 fully saturated rings. The lowest BCUT2D eigenvalue weighted by atomic mass is 10.2. The Balaban J connectivity index is 2.60. The van der Waals surface area contributed by atoms with E-state index in [1.165, 1.54) is 18.2 Å². The quantitative estimate of drug-likeness (QED) is 0.775. The first kappa shape index (κ1) is 10.5. The standard InChI is InChI=1S/C9H6F3N3O/c10-9(11,12)8-6-3-5(13-4-16)1-2-7(6)14-15-8/h1-4H,(H,13,16)(H,14,15). The molecule has 0 aliphatic carbocycles. The van der Waals surface area contributed by atoms with Gasteiger partial charge in [-0.25, -0.2) is 0 Å². The van der Waals surface area contributed by atoms with Crippen LogP contribution in [0.4, 0.5) is 18.9 Å². The van der Waals surface area contributed by atoms with E-state index in [4.69, 9.17) is 0 Å². The summed E-state index contributed by atoms with van der Waals surface area (Å²) < 4.78 is 37.5. The van der Waals surface area contributed by atoms with Crippen LogP contribution in [0.2, 0.25) is 0 Å². The third kappa shape index (κ3) is 1.71. The van der Waals surface area contributed by atoms with Gasteiger partial charge in [-0.1, -0.05) is 0 Å². The smallest absolute Gasteiger partial charge is 0.329 e. The highest BCUT2D eigenvalue weighted by Gasteiger charge is 2.34. The van der Waals surface area contributed by atoms with Crippen LogP contribution in [0.5, 0.6) is 0 Å². The van der Waals surface area contributed by atoms with E-state index in [1.807, 2.05) is 5.10 Å². The van der Waals surface area contributed by atoms with Crippen molar-refractivity contribution in [3.05, 3.63) is 23.9 Å². The Morgan fingerprint density at radius 3 is 2.75 bits per heavy atom. The van der Waals surface area contributed by atoms with E-state index >= 15 is 0 Å². The first-order valence-electron chi connectivity index (χ1n) is 4.28. The first-order valence-corrected chi connectivity index (χ1v) is 4.28. The van der Waals surface area contributed by atoms with Gasteiger partial charge in [-0.05, 0) is 18.2 Å². The number of hydrogen-bond acceptors (Lipinski definition) is 2. The molecule has 0 saturated heterocycles. The molecule has 2 aromatic rings. The Bertz CT molecular complexity index is 532. The van der Waals surface area contributed by atoms with Gasteiger partial charge < -0.3 is 5.32 Å². The van der Waals surface area contributed by atoms with Crippen LogP contribution in [-0.4, -0.2) is 16.6 Å². The number of aromatic amines is 1. The highest BCUT2D eigenvalue weighted by molar-refractivity contribution is 5.87. The minimum atomic E-state index is -4.49. The lowest BCUT2D eigenvalue weighted by Crippen LogP contribution is -2.06. The van der Waals surface area contributed by atoms with Gasteiger partial charge in [-0.3, -0.25) is 9.89 Å². The molecule has 2 rings (SSSR count). The number of aromatic nitrogens is 2. The fourth-order valence-electron chi connectivity index (χ4n) is 1.38. The number of fused-ring (bicyclic) bond motifs is 1. The zero-order chi connectivity index (χ0) is 11.8. The third-order valence-corrected chi connectivity index (χ3v) is 2.06. The largest absolute Gasteiger partial charge is 0.433 e. The number of rotatable bonds is 2. The highest BCUT2D eigenvalue weighted by Crippen LogP contribution is 2.33. The van der Waals surface area contributed by atoms with Gasteiger partial charge in [0.15, 0.2) is 0 Å². The van der Waals surface area contributed by atoms with Crippen molar-refractivity contribution in [3.63, 3.8) is 0 Å². The third-order valence-electron chi connectivity index (χ3n) is 2.06. The molecule has 1 amide bonds. The van der Waals surface area contributed by atoms with Crippen molar-refractivity contribution in [1.82, 2.24) is 10.2 Å². The number of nitrogens with one attached hydrogen (secondary N) is 2. The van der Waals surface area contributed by atoms with Crippen LogP contribution in [0.25, 0.3) is 10.9 Å². The molecule has 0 saturated carbocycles. The van der Waals surface area contributed by atoms with Gasteiger partial charge in [-0.2, -0.15) is 18.3 Å². The van der Waals surface area contributed by atoms with E-state index in [0.717, 1.165) is 0 Å². The molecule has 0 unspecified atom stereocenters. The summed E-state index contributed by atoms with van der Waals surface area (Å²) in [6.07, 6.45) is -4.09. The molecule has 0 aliphatic rings. The van der Waals surface area contributed by atoms with Gasteiger partial charge in [0.1, 0.15) is 5.69 Å². The number of H-pyrrole nitrogens is 1. The molecule has 0 atom stereocenters. The summed E-state index contributed by atoms with van der Waals surface area (Å²) in [6, 6.07) is 4.08. The second-order valence-corrected chi connectivity index (χ2v) is 3.09. The van der Waals surface area contributed by atoms with Crippen LogP contribution < -0.4 is 5.32 Å². The molecule has 1 heterocycles. The molecule has 84 valence electrons. The average Bonchev–Trinajstić information content (AvgIpc) is 2.60. The van der Waals surface area contributed by atoms with Crippen molar-refractivity contribution in [2.24, 2.45) is 0 Å². The molecule has 1 aromatic carbocycles. The number of nitrogens with zero attached hydrogens (tertiary/aromatic N) is 1. The number of hydrogen-bond donors (Lipinski definition) is 2. The van der Waals surface area contributed by atoms with Gasteiger partial charge in [0.25, 0.3) is 0 Å². The molecule has 1 aromatic heterocycles. The number of amides is 1. The molecule has 0 radical (unpaired) electrons. The summed E-state index contributed by atoms with van der Waals surface area (Å²) in [5.74, 6) is 0. The van der Waals surface area contributed by atoms with Crippen molar-refractivity contribution in [3.8, 4) is 0 Å². The molecule has 0 spiro atoms. The Morgan fingerprint density at radius 1 is 1.38 bits per heavy atom. The van der Waals surface area contributed by atoms with Crippen molar-refractivity contribution in [2.75, 3.05) is 5.32 Å². The maximum absolute atomic E-state index is 12.5. The Labute approximate surface area is 87.4 Å². The number of alkyl halides is 3. The monoisotopic (exact) mass is 229 g/mol. The lowest BCUT2D eigenvalue weighted by molar-refractivity contribution is -0.139. The van der Waals surface area contributed by atoms with E-state index in [0.29, 0.717) is 6.41 Å². The van der Waals surface area contributed by atoms with Crippen LogP contribution in [0.1, 0.15) is 5.69 Å². The predicted molar refractivity (Wildman–Crippen MR) is 50.8 cm³/mol. The van der Waals surface area contributed by atoms with Gasteiger partial charge >= 0.3 is 6.18 Å². The maximum atomic E-state index is 12.5. The number of benzene rings is 1. The second kappa shape index (κ2) is 3.51. The second-order valence-electron chi connectivity index (χ2n) is 3.09. The van der Waals surface area contributed by atoms with E-state index in [1.54, 1.807) is 0 Å². The summed E-state index contributed by atoms with van der Waals surface area (Å²) in [4.78, 5) is 10.2. The zero-order valence-corrected chi connectivity index (χ0v) is 7.80. The molecule has 0 bridgehead atoms. The predicted octanol–water partition coefficient (Wildman–Crippen LogP) is 2.15. The highest BCUT2D eigenvalue weighted by atomic mass is 19.4. The normalized spacial score (nSPS) is 11.7. The molecule has 0 aliphatic heterocycles. The number of carbonyl (C=O) groups is 1. The summed E-state index contributed by atoms with van der Waals surface area (Å²) in [6.45, 7) is 0. The van der Waals surface area contributed by atoms with Crippen molar-refractivity contribution >= 4 is 23.0 Å². The van der Waals surface area contributed by atoms with Crippen LogP contribution in [0.3, 0.4) is 0 Å². The van der Waals surface area contributed by atoms with Crippen LogP contribution in [0.15, 0.2) is 18.2 Å². The van der Waals surface area contributed by atoms with Gasteiger partial charge in [0.05, 0.1) is 5.52 Å². The number of carbonyl (C=O) groups excluding carboxylic acids is 1. The van der Waals surface area contributed by atoms with E-state index in [2.05, 4.69) is 10.4 Å². The van der Waals surface area contributed by atoms with Gasteiger partial charge in [0, 0.05) is 11.1 Å². The summed E-state index contributed by atoms with van der Waals surface area (Å²) in [7, 11) is 0. The maximum Gasteiger partial charge on any atom is 0.433 e. The number of anilines is 1. The lowest BCUT2D eigenvalue weighted by Gasteiger charge is -2.04. The van der Waals surface area contributed by atoms with Crippen molar-refractivity contribution in [1.29, 1.82) is 0 Å². The van der Waals surface area contributed by atoms with Gasteiger partial charge in [0.2, 0.25) is 6.41 Å². The van der Waals surface area contributed by atoms with Crippen molar-refractivity contribution < 1.29 is 18.0 Å². The minimum Gasteiger partial charge on any atom is -0.329 e. The Hall–Kier alpha value is -2.05. The van der Waals surface area contributed by atoms with E-state index in [9.17, 15) is 18.0 Å².